The van der Waals surface area contributed by atoms with Crippen LogP contribution in [-0.4, -0.2) is 35.0 Å². The standard InChI is InChI=1S/C14H14F3NO3/c1-13(12(20)21)6-7-18(8-13)11(19)9-4-2-3-5-10(9)14(15,16)17/h2-5H,6-8H2,1H3,(H,20,21). The van der Waals surface area contributed by atoms with E-state index in [-0.39, 0.29) is 19.5 Å². The van der Waals surface area contributed by atoms with Crippen molar-refractivity contribution < 1.29 is 27.9 Å². The molecule has 21 heavy (non-hydrogen) atoms. The summed E-state index contributed by atoms with van der Waals surface area (Å²) in [5.74, 6) is -1.84. The number of rotatable bonds is 2. The number of hydrogen-bond donors (Lipinski definition) is 1. The highest BCUT2D eigenvalue weighted by Gasteiger charge is 2.43. The quantitative estimate of drug-likeness (QED) is 0.913. The van der Waals surface area contributed by atoms with Crippen LogP contribution in [0.4, 0.5) is 13.2 Å². The van der Waals surface area contributed by atoms with Crippen LogP contribution >= 0.6 is 0 Å². The number of halogens is 3. The summed E-state index contributed by atoms with van der Waals surface area (Å²) in [6.45, 7) is 1.53. The smallest absolute Gasteiger partial charge is 0.417 e. The van der Waals surface area contributed by atoms with Crippen LogP contribution in [0.25, 0.3) is 0 Å². The summed E-state index contributed by atoms with van der Waals surface area (Å²) in [6.07, 6.45) is -4.40. The fourth-order valence-electron chi connectivity index (χ4n) is 2.40. The van der Waals surface area contributed by atoms with E-state index >= 15 is 0 Å². The van der Waals surface area contributed by atoms with E-state index in [2.05, 4.69) is 0 Å². The van der Waals surface area contributed by atoms with Crippen LogP contribution in [0.1, 0.15) is 29.3 Å². The van der Waals surface area contributed by atoms with Gasteiger partial charge in [-0.25, -0.2) is 0 Å². The molecule has 1 amide bonds. The zero-order chi connectivity index (χ0) is 15.8. The number of benzene rings is 1. The van der Waals surface area contributed by atoms with Crippen molar-refractivity contribution in [1.82, 2.24) is 4.90 Å². The maximum atomic E-state index is 12.9. The molecular formula is C14H14F3NO3. The van der Waals surface area contributed by atoms with Gasteiger partial charge >= 0.3 is 12.1 Å². The van der Waals surface area contributed by atoms with Crippen LogP contribution in [0, 0.1) is 5.41 Å². The molecule has 0 spiro atoms. The number of carbonyl (C=O) groups is 2. The van der Waals surface area contributed by atoms with Gasteiger partial charge in [-0.3, -0.25) is 9.59 Å². The normalized spacial score (nSPS) is 22.4. The van der Waals surface area contributed by atoms with Gasteiger partial charge in [0.25, 0.3) is 5.91 Å². The fourth-order valence-corrected chi connectivity index (χ4v) is 2.40. The Morgan fingerprint density at radius 3 is 2.43 bits per heavy atom. The Balaban J connectivity index is 2.29. The minimum absolute atomic E-state index is 0.0899. The van der Waals surface area contributed by atoms with Gasteiger partial charge in [-0.15, -0.1) is 0 Å². The zero-order valence-electron chi connectivity index (χ0n) is 11.3. The largest absolute Gasteiger partial charge is 0.481 e. The average Bonchev–Trinajstić information content (AvgIpc) is 2.81. The third-order valence-electron chi connectivity index (χ3n) is 3.74. The van der Waals surface area contributed by atoms with Crippen LogP contribution in [0.2, 0.25) is 0 Å². The first-order valence-electron chi connectivity index (χ1n) is 6.34. The van der Waals surface area contributed by atoms with Gasteiger partial charge in [-0.2, -0.15) is 13.2 Å². The predicted molar refractivity (Wildman–Crippen MR) is 67.7 cm³/mol. The molecule has 1 N–H and O–H groups in total. The summed E-state index contributed by atoms with van der Waals surface area (Å²) in [4.78, 5) is 24.6. The van der Waals surface area contributed by atoms with Crippen molar-refractivity contribution in [2.24, 2.45) is 5.41 Å². The Morgan fingerprint density at radius 1 is 1.29 bits per heavy atom. The minimum atomic E-state index is -4.62. The van der Waals surface area contributed by atoms with Crippen LogP contribution in [0.15, 0.2) is 24.3 Å². The monoisotopic (exact) mass is 301 g/mol. The van der Waals surface area contributed by atoms with Crippen molar-refractivity contribution in [3.05, 3.63) is 35.4 Å². The van der Waals surface area contributed by atoms with Gasteiger partial charge in [0, 0.05) is 13.1 Å². The second kappa shape index (κ2) is 5.05. The Morgan fingerprint density at radius 2 is 1.90 bits per heavy atom. The summed E-state index contributed by atoms with van der Waals surface area (Å²) in [5, 5.41) is 9.11. The SMILES string of the molecule is CC1(C(=O)O)CCN(C(=O)c2ccccc2C(F)(F)F)C1. The molecule has 1 aromatic carbocycles. The number of carboxylic acids is 1. The van der Waals surface area contributed by atoms with E-state index in [0.717, 1.165) is 12.1 Å². The molecule has 1 unspecified atom stereocenters. The van der Waals surface area contributed by atoms with Crippen molar-refractivity contribution in [2.75, 3.05) is 13.1 Å². The van der Waals surface area contributed by atoms with Crippen molar-refractivity contribution in [1.29, 1.82) is 0 Å². The predicted octanol–water partition coefficient (Wildman–Crippen LogP) is 2.64. The summed E-state index contributed by atoms with van der Waals surface area (Å²) in [6, 6.07) is 4.53. The summed E-state index contributed by atoms with van der Waals surface area (Å²) in [5.41, 5.74) is -2.55. The first-order valence-corrected chi connectivity index (χ1v) is 6.34. The number of carbonyl (C=O) groups excluding carboxylic acids is 1. The average molecular weight is 301 g/mol. The van der Waals surface area contributed by atoms with Crippen molar-refractivity contribution >= 4 is 11.9 Å². The first-order chi connectivity index (χ1) is 9.65. The zero-order valence-corrected chi connectivity index (χ0v) is 11.3. The number of alkyl halides is 3. The van der Waals surface area contributed by atoms with Crippen LogP contribution in [0.5, 0.6) is 0 Å². The van der Waals surface area contributed by atoms with Crippen molar-refractivity contribution in [3.8, 4) is 0 Å². The van der Waals surface area contributed by atoms with E-state index in [4.69, 9.17) is 5.11 Å². The van der Waals surface area contributed by atoms with Gasteiger partial charge in [0.15, 0.2) is 0 Å². The van der Waals surface area contributed by atoms with E-state index in [0.29, 0.717) is 0 Å². The van der Waals surface area contributed by atoms with Gasteiger partial charge < -0.3 is 10.0 Å². The highest BCUT2D eigenvalue weighted by atomic mass is 19.4. The van der Waals surface area contributed by atoms with Gasteiger partial charge in [-0.05, 0) is 25.5 Å². The topological polar surface area (TPSA) is 57.6 Å². The molecule has 0 radical (unpaired) electrons. The molecule has 1 fully saturated rings. The molecule has 7 heteroatoms. The molecule has 0 bridgehead atoms. The third kappa shape index (κ3) is 2.86. The second-order valence-electron chi connectivity index (χ2n) is 5.39. The summed E-state index contributed by atoms with van der Waals surface area (Å²) < 4.78 is 38.7. The maximum Gasteiger partial charge on any atom is 0.417 e. The van der Waals surface area contributed by atoms with E-state index in [1.807, 2.05) is 0 Å². The van der Waals surface area contributed by atoms with Gasteiger partial charge in [0.1, 0.15) is 0 Å². The molecule has 1 aliphatic heterocycles. The Kier molecular flexibility index (Phi) is 3.69. The molecular weight excluding hydrogens is 287 g/mol. The highest BCUT2D eigenvalue weighted by molar-refractivity contribution is 5.96. The summed E-state index contributed by atoms with van der Waals surface area (Å²) in [7, 11) is 0. The Bertz CT molecular complexity index is 585. The van der Waals surface area contributed by atoms with Crippen molar-refractivity contribution in [3.63, 3.8) is 0 Å². The first kappa shape index (κ1) is 15.3. The van der Waals surface area contributed by atoms with E-state index < -0.39 is 34.6 Å². The lowest BCUT2D eigenvalue weighted by Gasteiger charge is -2.21. The molecule has 1 aromatic rings. The molecule has 1 saturated heterocycles. The number of amides is 1. The number of likely N-dealkylation sites (tertiary alicyclic amines) is 1. The Hall–Kier alpha value is -2.05. The molecule has 4 nitrogen and oxygen atoms in total. The molecule has 1 heterocycles. The summed E-state index contributed by atoms with van der Waals surface area (Å²) >= 11 is 0. The lowest BCUT2D eigenvalue weighted by atomic mass is 9.90. The molecule has 114 valence electrons. The number of carboxylic acid groups (broad SMARTS) is 1. The molecule has 0 saturated carbocycles. The second-order valence-corrected chi connectivity index (χ2v) is 5.39. The van der Waals surface area contributed by atoms with Gasteiger partial charge in [0.05, 0.1) is 16.5 Å². The number of aliphatic carboxylic acids is 1. The highest BCUT2D eigenvalue weighted by Crippen LogP contribution is 2.35. The van der Waals surface area contributed by atoms with Gasteiger partial charge in [0.2, 0.25) is 0 Å². The molecule has 0 aromatic heterocycles. The molecule has 2 rings (SSSR count). The van der Waals surface area contributed by atoms with E-state index in [1.54, 1.807) is 0 Å². The van der Waals surface area contributed by atoms with Crippen molar-refractivity contribution in [2.45, 2.75) is 19.5 Å². The molecule has 1 aliphatic rings. The fraction of sp³-hybridized carbons (Fsp3) is 0.429. The number of nitrogens with zero attached hydrogens (tertiary/aromatic N) is 1. The lowest BCUT2D eigenvalue weighted by molar-refractivity contribution is -0.147. The lowest BCUT2D eigenvalue weighted by Crippen LogP contribution is -2.35. The van der Waals surface area contributed by atoms with Crippen LogP contribution in [-0.2, 0) is 11.0 Å². The third-order valence-corrected chi connectivity index (χ3v) is 3.74. The Labute approximate surface area is 119 Å². The maximum absolute atomic E-state index is 12.9. The van der Waals surface area contributed by atoms with Gasteiger partial charge in [-0.1, -0.05) is 12.1 Å². The van der Waals surface area contributed by atoms with Crippen LogP contribution < -0.4 is 0 Å². The minimum Gasteiger partial charge on any atom is -0.481 e. The van der Waals surface area contributed by atoms with E-state index in [9.17, 15) is 22.8 Å². The molecule has 1 atom stereocenters. The molecule has 0 aliphatic carbocycles. The number of hydrogen-bond acceptors (Lipinski definition) is 2. The van der Waals surface area contributed by atoms with E-state index in [1.165, 1.54) is 24.0 Å². The van der Waals surface area contributed by atoms with Crippen LogP contribution in [0.3, 0.4) is 0 Å².